The molecule has 8 rings (SSSR count). The minimum atomic E-state index is -0.567. The molecule has 6 aromatic carbocycles. The van der Waals surface area contributed by atoms with Crippen LogP contribution in [0, 0.1) is 0 Å². The molecule has 7 aromatic rings. The molecule has 2 heterocycles. The number of aromatic nitrogens is 3. The van der Waals surface area contributed by atoms with Crippen LogP contribution in [0.1, 0.15) is 16.7 Å². The van der Waals surface area contributed by atoms with Crippen molar-refractivity contribution in [3.05, 3.63) is 193 Å². The lowest BCUT2D eigenvalue weighted by Crippen LogP contribution is -2.40. The smallest absolute Gasteiger partial charge is 0.163 e. The molecular weight excluding hydrogens is 560 g/mol. The molecule has 46 heavy (non-hydrogen) atoms. The number of benzene rings is 6. The van der Waals surface area contributed by atoms with Gasteiger partial charge in [0.25, 0.3) is 0 Å². The van der Waals surface area contributed by atoms with Crippen LogP contribution in [0.25, 0.3) is 50.2 Å². The van der Waals surface area contributed by atoms with Crippen molar-refractivity contribution in [3.63, 3.8) is 0 Å². The highest BCUT2D eigenvalue weighted by molar-refractivity contribution is 5.88. The normalized spacial score (nSPS) is 15.7. The van der Waals surface area contributed by atoms with Crippen molar-refractivity contribution < 1.29 is 0 Å². The molecular formula is C42H30N4. The van der Waals surface area contributed by atoms with Crippen molar-refractivity contribution in [2.75, 3.05) is 0 Å². The number of nitrogens with zero attached hydrogens (tertiary/aromatic N) is 3. The van der Waals surface area contributed by atoms with E-state index >= 15 is 0 Å². The summed E-state index contributed by atoms with van der Waals surface area (Å²) in [6.45, 7) is 0. The Labute approximate surface area is 268 Å². The van der Waals surface area contributed by atoms with Gasteiger partial charge in [0.1, 0.15) is 11.9 Å². The summed E-state index contributed by atoms with van der Waals surface area (Å²) in [5, 5.41) is 6.24. The van der Waals surface area contributed by atoms with Gasteiger partial charge in [-0.2, -0.15) is 0 Å². The number of allylic oxidation sites excluding steroid dienone is 2. The minimum Gasteiger partial charge on any atom is -0.374 e. The first-order valence-corrected chi connectivity index (χ1v) is 15.4. The first-order chi connectivity index (χ1) is 22.8. The van der Waals surface area contributed by atoms with E-state index < -0.39 is 5.54 Å². The number of fused-ring (bicyclic) bond motifs is 1. The van der Waals surface area contributed by atoms with E-state index in [-0.39, 0.29) is 0 Å². The van der Waals surface area contributed by atoms with Crippen LogP contribution in [0.4, 0.5) is 0 Å². The molecule has 0 aliphatic carbocycles. The van der Waals surface area contributed by atoms with Gasteiger partial charge in [0, 0.05) is 17.3 Å². The molecule has 0 saturated heterocycles. The molecule has 0 amide bonds. The van der Waals surface area contributed by atoms with E-state index in [0.717, 1.165) is 27.8 Å². The van der Waals surface area contributed by atoms with Gasteiger partial charge in [-0.25, -0.2) is 15.0 Å². The van der Waals surface area contributed by atoms with E-state index in [9.17, 15) is 0 Å². The fourth-order valence-electron chi connectivity index (χ4n) is 6.28. The molecule has 1 aromatic heterocycles. The SMILES string of the molecule is C1=CC(c2ccc(-c3ncnc(-c4ccc(-c5ccccc5)cc4)n3)cc2)(c2cccc3ccccc23)NC=C1c1ccccc1. The van der Waals surface area contributed by atoms with Gasteiger partial charge in [0.2, 0.25) is 0 Å². The zero-order chi connectivity index (χ0) is 30.8. The van der Waals surface area contributed by atoms with Gasteiger partial charge in [0.05, 0.1) is 0 Å². The first kappa shape index (κ1) is 27.4. The number of hydrogen-bond acceptors (Lipinski definition) is 4. The van der Waals surface area contributed by atoms with E-state index in [0.29, 0.717) is 11.6 Å². The molecule has 0 radical (unpaired) electrons. The second kappa shape index (κ2) is 11.8. The van der Waals surface area contributed by atoms with Crippen molar-refractivity contribution in [3.8, 4) is 33.9 Å². The highest BCUT2D eigenvalue weighted by Crippen LogP contribution is 2.39. The summed E-state index contributed by atoms with van der Waals surface area (Å²) in [6, 6.07) is 52.8. The van der Waals surface area contributed by atoms with Crippen LogP contribution >= 0.6 is 0 Å². The van der Waals surface area contributed by atoms with Crippen molar-refractivity contribution in [1.29, 1.82) is 0 Å². The predicted octanol–water partition coefficient (Wildman–Crippen LogP) is 9.47. The van der Waals surface area contributed by atoms with Crippen LogP contribution in [0.5, 0.6) is 0 Å². The highest BCUT2D eigenvalue weighted by Gasteiger charge is 2.34. The maximum absolute atomic E-state index is 4.86. The van der Waals surface area contributed by atoms with Crippen LogP contribution in [0.15, 0.2) is 176 Å². The van der Waals surface area contributed by atoms with Gasteiger partial charge in [-0.05, 0) is 50.2 Å². The Kier molecular flexibility index (Phi) is 7.01. The molecule has 0 saturated carbocycles. The first-order valence-electron chi connectivity index (χ1n) is 15.4. The molecule has 1 unspecified atom stereocenters. The fraction of sp³-hybridized carbons (Fsp3) is 0.0238. The summed E-state index contributed by atoms with van der Waals surface area (Å²) in [7, 11) is 0. The van der Waals surface area contributed by atoms with Crippen molar-refractivity contribution >= 4 is 16.3 Å². The Morgan fingerprint density at radius 3 is 1.72 bits per heavy atom. The number of dihydropyridines is 1. The van der Waals surface area contributed by atoms with Crippen molar-refractivity contribution in [2.45, 2.75) is 5.54 Å². The van der Waals surface area contributed by atoms with Crippen LogP contribution in [0.3, 0.4) is 0 Å². The predicted molar refractivity (Wildman–Crippen MR) is 188 cm³/mol. The zero-order valence-corrected chi connectivity index (χ0v) is 25.1. The molecule has 1 aliphatic heterocycles. The quantitative estimate of drug-likeness (QED) is 0.210. The van der Waals surface area contributed by atoms with Gasteiger partial charge in [-0.15, -0.1) is 0 Å². The topological polar surface area (TPSA) is 50.7 Å². The molecule has 1 N–H and O–H groups in total. The Morgan fingerprint density at radius 2 is 1.04 bits per heavy atom. The monoisotopic (exact) mass is 590 g/mol. The molecule has 0 fully saturated rings. The molecule has 0 spiro atoms. The average Bonchev–Trinajstić information content (AvgIpc) is 3.15. The molecule has 218 valence electrons. The zero-order valence-electron chi connectivity index (χ0n) is 25.1. The second-order valence-electron chi connectivity index (χ2n) is 11.4. The summed E-state index contributed by atoms with van der Waals surface area (Å²) < 4.78 is 0. The number of rotatable bonds is 6. The van der Waals surface area contributed by atoms with Crippen molar-refractivity contribution in [1.82, 2.24) is 20.3 Å². The lowest BCUT2D eigenvalue weighted by molar-refractivity contribution is 0.573. The van der Waals surface area contributed by atoms with Crippen molar-refractivity contribution in [2.24, 2.45) is 0 Å². The van der Waals surface area contributed by atoms with Crippen LogP contribution in [-0.4, -0.2) is 15.0 Å². The van der Waals surface area contributed by atoms with E-state index in [2.05, 4.69) is 173 Å². The van der Waals surface area contributed by atoms with E-state index in [1.54, 1.807) is 6.33 Å². The molecule has 1 atom stereocenters. The number of nitrogens with one attached hydrogen (secondary N) is 1. The summed E-state index contributed by atoms with van der Waals surface area (Å²) in [5.41, 5.74) is 8.29. The van der Waals surface area contributed by atoms with E-state index in [1.807, 2.05) is 12.1 Å². The highest BCUT2D eigenvalue weighted by atomic mass is 15.0. The third-order valence-corrected chi connectivity index (χ3v) is 8.71. The Hall–Kier alpha value is -6.13. The van der Waals surface area contributed by atoms with Crippen LogP contribution in [0.2, 0.25) is 0 Å². The number of hydrogen-bond donors (Lipinski definition) is 1. The Morgan fingerprint density at radius 1 is 0.478 bits per heavy atom. The molecule has 1 aliphatic rings. The third-order valence-electron chi connectivity index (χ3n) is 8.71. The largest absolute Gasteiger partial charge is 0.374 e. The summed E-state index contributed by atoms with van der Waals surface area (Å²) in [5.74, 6) is 1.29. The molecule has 0 bridgehead atoms. The van der Waals surface area contributed by atoms with Gasteiger partial charge < -0.3 is 5.32 Å². The summed E-state index contributed by atoms with van der Waals surface area (Å²) >= 11 is 0. The Balaban J connectivity index is 1.14. The fourth-order valence-corrected chi connectivity index (χ4v) is 6.28. The lowest BCUT2D eigenvalue weighted by Gasteiger charge is -2.36. The van der Waals surface area contributed by atoms with Crippen LogP contribution in [-0.2, 0) is 5.54 Å². The summed E-state index contributed by atoms with van der Waals surface area (Å²) in [4.78, 5) is 13.9. The summed E-state index contributed by atoms with van der Waals surface area (Å²) in [6.07, 6.45) is 8.23. The maximum atomic E-state index is 4.86. The second-order valence-corrected chi connectivity index (χ2v) is 11.4. The van der Waals surface area contributed by atoms with Crippen LogP contribution < -0.4 is 5.32 Å². The van der Waals surface area contributed by atoms with E-state index in [1.165, 1.54) is 27.5 Å². The maximum Gasteiger partial charge on any atom is 0.163 e. The van der Waals surface area contributed by atoms with Gasteiger partial charge in [-0.3, -0.25) is 0 Å². The minimum absolute atomic E-state index is 0.567. The van der Waals surface area contributed by atoms with E-state index in [4.69, 9.17) is 4.98 Å². The van der Waals surface area contributed by atoms with Gasteiger partial charge in [0.15, 0.2) is 11.6 Å². The lowest BCUT2D eigenvalue weighted by atomic mass is 9.78. The average molecular weight is 591 g/mol. The Bertz CT molecular complexity index is 2200. The molecule has 4 nitrogen and oxygen atoms in total. The van der Waals surface area contributed by atoms with Gasteiger partial charge in [-0.1, -0.05) is 158 Å². The van der Waals surface area contributed by atoms with Gasteiger partial charge >= 0.3 is 0 Å². The standard InChI is InChI=1S/C42H30N4/c1-3-10-30(11-4-1)32-18-20-34(21-19-32)40-43-29-44-41(46-40)35-22-24-37(25-23-35)42(39-17-9-15-33-14-7-8-16-38(33)39)27-26-36(28-45-42)31-12-5-2-6-13-31/h1-29,45H. The third kappa shape index (κ3) is 5.06. The molecule has 4 heteroatoms.